The van der Waals surface area contributed by atoms with Crippen LogP contribution in [0.3, 0.4) is 0 Å². The van der Waals surface area contributed by atoms with E-state index in [-0.39, 0.29) is 6.04 Å². The Morgan fingerprint density at radius 1 is 1.23 bits per heavy atom. The molecule has 0 aliphatic carbocycles. The molecule has 5 rings (SSSR count). The van der Waals surface area contributed by atoms with Gasteiger partial charge in [-0.05, 0) is 38.0 Å². The lowest BCUT2D eigenvalue weighted by Crippen LogP contribution is -2.25. The zero-order chi connectivity index (χ0) is 24.2. The van der Waals surface area contributed by atoms with E-state index in [1.165, 1.54) is 13.2 Å². The van der Waals surface area contributed by atoms with Gasteiger partial charge >= 0.3 is 5.97 Å². The highest BCUT2D eigenvalue weighted by molar-refractivity contribution is 5.86. The number of ether oxygens (including phenoxy) is 1. The Balaban J connectivity index is 1.47. The van der Waals surface area contributed by atoms with E-state index in [0.717, 1.165) is 36.5 Å². The first-order valence-electron chi connectivity index (χ1n) is 11.2. The van der Waals surface area contributed by atoms with Crippen LogP contribution in [0.2, 0.25) is 0 Å². The van der Waals surface area contributed by atoms with Gasteiger partial charge in [0, 0.05) is 42.7 Å². The van der Waals surface area contributed by atoms with Crippen molar-refractivity contribution in [2.24, 2.45) is 0 Å². The van der Waals surface area contributed by atoms with Gasteiger partial charge < -0.3 is 19.5 Å². The summed E-state index contributed by atoms with van der Waals surface area (Å²) < 4.78 is 10.4. The molecule has 1 saturated heterocycles. The van der Waals surface area contributed by atoms with Crippen LogP contribution in [0.4, 0.5) is 17.6 Å². The van der Waals surface area contributed by atoms with Crippen molar-refractivity contribution in [3.63, 3.8) is 0 Å². The largest absolute Gasteiger partial charge is 0.466 e. The van der Waals surface area contributed by atoms with Crippen LogP contribution in [-0.2, 0) is 9.53 Å². The fourth-order valence-corrected chi connectivity index (χ4v) is 3.95. The molecule has 11 nitrogen and oxygen atoms in total. The molecule has 1 fully saturated rings. The molecule has 11 heteroatoms. The molecule has 0 amide bonds. The molecule has 0 saturated carbocycles. The summed E-state index contributed by atoms with van der Waals surface area (Å²) in [4.78, 5) is 27.5. The Kier molecular flexibility index (Phi) is 6.20. The van der Waals surface area contributed by atoms with Gasteiger partial charge in [0.1, 0.15) is 11.5 Å². The first-order valence-corrected chi connectivity index (χ1v) is 11.2. The fourth-order valence-electron chi connectivity index (χ4n) is 3.95. The van der Waals surface area contributed by atoms with E-state index < -0.39 is 5.97 Å². The lowest BCUT2D eigenvalue weighted by Gasteiger charge is -2.23. The molecule has 1 aliphatic rings. The van der Waals surface area contributed by atoms with Gasteiger partial charge in [-0.15, -0.1) is 0 Å². The van der Waals surface area contributed by atoms with E-state index in [1.807, 2.05) is 37.3 Å². The van der Waals surface area contributed by atoms with Crippen molar-refractivity contribution >= 4 is 29.6 Å². The minimum absolute atomic E-state index is 0.0831. The minimum Gasteiger partial charge on any atom is -0.466 e. The highest BCUT2D eigenvalue weighted by atomic mass is 16.5. The number of anilines is 3. The summed E-state index contributed by atoms with van der Waals surface area (Å²) in [5.41, 5.74) is 2.90. The van der Waals surface area contributed by atoms with Crippen LogP contribution in [0.5, 0.6) is 0 Å². The predicted molar refractivity (Wildman–Crippen MR) is 129 cm³/mol. The topological polar surface area (TPSA) is 135 Å². The maximum Gasteiger partial charge on any atom is 0.330 e. The van der Waals surface area contributed by atoms with Crippen molar-refractivity contribution in [3.8, 4) is 11.4 Å². The average Bonchev–Trinajstić information content (AvgIpc) is 3.64. The van der Waals surface area contributed by atoms with Gasteiger partial charge in [-0.2, -0.15) is 10.1 Å². The number of hydrogen-bond donors (Lipinski definition) is 2. The minimum atomic E-state index is -0.467. The Bertz CT molecular complexity index is 1350. The SMILES string of the molecule is COC(=O)/C=C/c1cc(Nc2cc(C)[nH]n2)nc(N2CCC[C@H]2c2cc(-c3ccccn3)no2)n1. The molecule has 178 valence electrons. The normalized spacial score (nSPS) is 15.6. The molecule has 5 heterocycles. The molecule has 1 atom stereocenters. The molecule has 4 aromatic rings. The van der Waals surface area contributed by atoms with Crippen LogP contribution >= 0.6 is 0 Å². The van der Waals surface area contributed by atoms with Crippen LogP contribution in [0.15, 0.2) is 53.2 Å². The zero-order valence-corrected chi connectivity index (χ0v) is 19.3. The summed E-state index contributed by atoms with van der Waals surface area (Å²) in [6.07, 6.45) is 6.45. The van der Waals surface area contributed by atoms with Crippen molar-refractivity contribution in [2.75, 3.05) is 23.9 Å². The van der Waals surface area contributed by atoms with Crippen molar-refractivity contribution < 1.29 is 14.1 Å². The van der Waals surface area contributed by atoms with Crippen LogP contribution in [-0.4, -0.2) is 49.9 Å². The molecule has 0 bridgehead atoms. The number of nitrogens with one attached hydrogen (secondary N) is 2. The quantitative estimate of drug-likeness (QED) is 0.302. The van der Waals surface area contributed by atoms with Crippen LogP contribution in [0.1, 0.15) is 36.0 Å². The molecular formula is C24H24N8O3. The Morgan fingerprint density at radius 2 is 2.14 bits per heavy atom. The molecule has 0 aromatic carbocycles. The number of methoxy groups -OCH3 is 1. The zero-order valence-electron chi connectivity index (χ0n) is 19.3. The molecule has 4 aromatic heterocycles. The molecule has 0 radical (unpaired) electrons. The van der Waals surface area contributed by atoms with Crippen molar-refractivity contribution in [3.05, 3.63) is 65.8 Å². The summed E-state index contributed by atoms with van der Waals surface area (Å²) in [5.74, 6) is 1.93. The number of nitrogens with zero attached hydrogens (tertiary/aromatic N) is 6. The third-order valence-corrected chi connectivity index (χ3v) is 5.58. The number of aromatic amines is 1. The first kappa shape index (κ1) is 22.3. The number of H-pyrrole nitrogens is 1. The Morgan fingerprint density at radius 3 is 2.91 bits per heavy atom. The van der Waals surface area contributed by atoms with E-state index in [2.05, 4.69) is 35.5 Å². The lowest BCUT2D eigenvalue weighted by atomic mass is 10.1. The summed E-state index contributed by atoms with van der Waals surface area (Å²) in [6.45, 7) is 2.66. The molecule has 35 heavy (non-hydrogen) atoms. The molecule has 2 N–H and O–H groups in total. The summed E-state index contributed by atoms with van der Waals surface area (Å²) in [6, 6.07) is 11.1. The summed E-state index contributed by atoms with van der Waals surface area (Å²) in [7, 11) is 1.33. The number of pyridine rings is 1. The van der Waals surface area contributed by atoms with Gasteiger partial charge in [0.15, 0.2) is 11.6 Å². The molecule has 1 aliphatic heterocycles. The Hall–Kier alpha value is -4.54. The summed E-state index contributed by atoms with van der Waals surface area (Å²) >= 11 is 0. The predicted octanol–water partition coefficient (Wildman–Crippen LogP) is 3.83. The van der Waals surface area contributed by atoms with Crippen molar-refractivity contribution in [2.45, 2.75) is 25.8 Å². The monoisotopic (exact) mass is 472 g/mol. The average molecular weight is 473 g/mol. The fraction of sp³-hybridized carbons (Fsp3) is 0.250. The van der Waals surface area contributed by atoms with Gasteiger partial charge in [0.25, 0.3) is 0 Å². The maximum atomic E-state index is 11.6. The third-order valence-electron chi connectivity index (χ3n) is 5.58. The number of hydrogen-bond acceptors (Lipinski definition) is 10. The highest BCUT2D eigenvalue weighted by Gasteiger charge is 2.32. The first-order chi connectivity index (χ1) is 17.1. The van der Waals surface area contributed by atoms with Gasteiger partial charge in [-0.3, -0.25) is 10.1 Å². The van der Waals surface area contributed by atoms with E-state index in [1.54, 1.807) is 18.3 Å². The lowest BCUT2D eigenvalue weighted by molar-refractivity contribution is -0.134. The number of carbonyl (C=O) groups is 1. The second-order valence-electron chi connectivity index (χ2n) is 8.08. The Labute approximate surface area is 201 Å². The van der Waals surface area contributed by atoms with E-state index in [9.17, 15) is 4.79 Å². The van der Waals surface area contributed by atoms with E-state index in [4.69, 9.17) is 14.2 Å². The highest BCUT2D eigenvalue weighted by Crippen LogP contribution is 2.36. The number of esters is 1. The van der Waals surface area contributed by atoms with Crippen molar-refractivity contribution in [1.29, 1.82) is 0 Å². The van der Waals surface area contributed by atoms with Gasteiger partial charge in [-0.1, -0.05) is 11.2 Å². The third kappa shape index (κ3) is 5.03. The van der Waals surface area contributed by atoms with Gasteiger partial charge in [-0.25, -0.2) is 9.78 Å². The van der Waals surface area contributed by atoms with Gasteiger partial charge in [0.05, 0.1) is 24.5 Å². The second kappa shape index (κ2) is 9.75. The summed E-state index contributed by atoms with van der Waals surface area (Å²) in [5, 5.41) is 14.5. The number of rotatable bonds is 7. The van der Waals surface area contributed by atoms with E-state index >= 15 is 0 Å². The van der Waals surface area contributed by atoms with Crippen LogP contribution < -0.4 is 10.2 Å². The second-order valence-corrected chi connectivity index (χ2v) is 8.08. The molecule has 0 unspecified atom stereocenters. The standard InChI is InChI=1S/C24H24N8O3/c1-15-12-22(30-29-15)27-21-13-16(8-9-23(33)34-2)26-24(28-21)32-11-5-7-19(32)20-14-18(31-35-20)17-6-3-4-10-25-17/h3-4,6,8-10,12-14,19H,5,7,11H2,1-2H3,(H2,26,27,28,29,30)/b9-8+/t19-/m0/s1. The van der Waals surface area contributed by atoms with Crippen molar-refractivity contribution in [1.82, 2.24) is 30.3 Å². The van der Waals surface area contributed by atoms with E-state index in [0.29, 0.717) is 29.0 Å². The van der Waals surface area contributed by atoms with Gasteiger partial charge in [0.2, 0.25) is 5.95 Å². The number of aromatic nitrogens is 6. The molecular weight excluding hydrogens is 448 g/mol. The number of aryl methyl sites for hydroxylation is 1. The molecule has 0 spiro atoms. The maximum absolute atomic E-state index is 11.6. The number of carbonyl (C=O) groups excluding carboxylic acids is 1. The smallest absolute Gasteiger partial charge is 0.330 e. The van der Waals surface area contributed by atoms with Crippen LogP contribution in [0, 0.1) is 6.92 Å². The van der Waals surface area contributed by atoms with Crippen LogP contribution in [0.25, 0.3) is 17.5 Å².